The van der Waals surface area contributed by atoms with Gasteiger partial charge in [0.25, 0.3) is 0 Å². The topological polar surface area (TPSA) is 105 Å². The van der Waals surface area contributed by atoms with Gasteiger partial charge >= 0.3 is 0 Å². The van der Waals surface area contributed by atoms with E-state index in [-0.39, 0.29) is 5.91 Å². The predicted octanol–water partition coefficient (Wildman–Crippen LogP) is 4.63. The van der Waals surface area contributed by atoms with Gasteiger partial charge < -0.3 is 20.5 Å². The molecule has 1 aromatic carbocycles. The molecule has 0 radical (unpaired) electrons. The molecule has 0 unspecified atom stereocenters. The van der Waals surface area contributed by atoms with Crippen LogP contribution in [0, 0.1) is 6.92 Å². The molecule has 0 fully saturated rings. The largest absolute Gasteiger partial charge is 0.360 e. The van der Waals surface area contributed by atoms with Crippen molar-refractivity contribution in [2.45, 2.75) is 13.8 Å². The Morgan fingerprint density at radius 1 is 1.27 bits per heavy atom. The third-order valence-electron chi connectivity index (χ3n) is 3.15. The number of aromatic nitrogens is 3. The Bertz CT molecular complexity index is 962. The molecule has 0 saturated carbocycles. The summed E-state index contributed by atoms with van der Waals surface area (Å²) in [4.78, 5) is 19.8. The molecular weight excluding hydrogens is 424 g/mol. The van der Waals surface area contributed by atoms with Crippen molar-refractivity contribution in [3.05, 3.63) is 45.7 Å². The number of hydrogen-bond acceptors (Lipinski definition) is 7. The van der Waals surface area contributed by atoms with Crippen molar-refractivity contribution in [1.29, 1.82) is 0 Å². The Morgan fingerprint density at radius 3 is 2.77 bits per heavy atom. The van der Waals surface area contributed by atoms with Crippen LogP contribution in [0.5, 0.6) is 0 Å². The van der Waals surface area contributed by atoms with Crippen LogP contribution in [0.4, 0.5) is 29.0 Å². The van der Waals surface area contributed by atoms with Crippen molar-refractivity contribution in [2.75, 3.05) is 16.0 Å². The van der Waals surface area contributed by atoms with Crippen molar-refractivity contribution in [3.8, 4) is 0 Å². The summed E-state index contributed by atoms with van der Waals surface area (Å²) in [7, 11) is 0. The highest BCUT2D eigenvalue weighted by molar-refractivity contribution is 9.10. The molecule has 0 atom stereocenters. The maximum absolute atomic E-state index is 11.2. The van der Waals surface area contributed by atoms with E-state index in [1.165, 1.54) is 6.92 Å². The highest BCUT2D eigenvalue weighted by atomic mass is 79.9. The highest BCUT2D eigenvalue weighted by Gasteiger charge is 2.10. The van der Waals surface area contributed by atoms with Gasteiger partial charge in [0, 0.05) is 24.9 Å². The quantitative estimate of drug-likeness (QED) is 0.534. The summed E-state index contributed by atoms with van der Waals surface area (Å²) in [5.41, 5.74) is 1.17. The van der Waals surface area contributed by atoms with Gasteiger partial charge in [-0.05, 0) is 41.1 Å². The fraction of sp³-hybridized carbons (Fsp3) is 0.125. The summed E-state index contributed by atoms with van der Waals surface area (Å²) in [6.07, 6.45) is 1.59. The number of anilines is 5. The predicted molar refractivity (Wildman–Crippen MR) is 103 cm³/mol. The van der Waals surface area contributed by atoms with Crippen LogP contribution in [0.25, 0.3) is 0 Å². The number of nitrogens with one attached hydrogen (secondary N) is 3. The molecule has 0 saturated heterocycles. The Labute approximate surface area is 162 Å². The van der Waals surface area contributed by atoms with Gasteiger partial charge in [0.15, 0.2) is 11.6 Å². The van der Waals surface area contributed by atoms with Crippen LogP contribution in [-0.2, 0) is 4.79 Å². The second-order valence-corrected chi connectivity index (χ2v) is 6.60. The molecule has 1 amide bonds. The second kappa shape index (κ2) is 7.71. The van der Waals surface area contributed by atoms with Crippen LogP contribution in [0.3, 0.4) is 0 Å². The fourth-order valence-corrected chi connectivity index (χ4v) is 2.54. The number of halogens is 2. The summed E-state index contributed by atoms with van der Waals surface area (Å²) in [5, 5.41) is 13.1. The van der Waals surface area contributed by atoms with Gasteiger partial charge in [-0.15, -0.1) is 0 Å². The normalized spacial score (nSPS) is 10.5. The van der Waals surface area contributed by atoms with E-state index in [9.17, 15) is 4.79 Å². The number of hydrogen-bond donors (Lipinski definition) is 3. The number of amides is 1. The molecule has 0 aliphatic heterocycles. The molecule has 2 aromatic heterocycles. The van der Waals surface area contributed by atoms with E-state index in [0.717, 1.165) is 0 Å². The average Bonchev–Trinajstić information content (AvgIpc) is 2.98. The smallest absolute Gasteiger partial charge is 0.229 e. The van der Waals surface area contributed by atoms with E-state index in [4.69, 9.17) is 16.1 Å². The van der Waals surface area contributed by atoms with Crippen LogP contribution in [0.15, 0.2) is 39.5 Å². The van der Waals surface area contributed by atoms with Crippen LogP contribution in [0.2, 0.25) is 5.02 Å². The molecule has 134 valence electrons. The molecule has 3 aromatic rings. The second-order valence-electron chi connectivity index (χ2n) is 5.34. The van der Waals surface area contributed by atoms with Gasteiger partial charge in [0.05, 0.1) is 15.2 Å². The fourth-order valence-electron chi connectivity index (χ4n) is 2.08. The lowest BCUT2D eigenvalue weighted by Crippen LogP contribution is -2.06. The maximum Gasteiger partial charge on any atom is 0.229 e. The van der Waals surface area contributed by atoms with Crippen molar-refractivity contribution < 1.29 is 9.32 Å². The molecule has 0 aliphatic rings. The first-order valence-electron chi connectivity index (χ1n) is 7.48. The molecule has 8 nitrogen and oxygen atoms in total. The van der Waals surface area contributed by atoms with E-state index in [2.05, 4.69) is 47.0 Å². The van der Waals surface area contributed by atoms with Crippen molar-refractivity contribution in [1.82, 2.24) is 15.1 Å². The SMILES string of the molecule is CC(=O)Nc1ccc(Cl)c(Nc2ncc(Br)c(Nc3cc(C)on3)n2)c1. The summed E-state index contributed by atoms with van der Waals surface area (Å²) >= 11 is 9.59. The minimum atomic E-state index is -0.174. The van der Waals surface area contributed by atoms with Gasteiger partial charge in [-0.1, -0.05) is 16.8 Å². The molecule has 0 spiro atoms. The van der Waals surface area contributed by atoms with E-state index in [1.807, 2.05) is 0 Å². The summed E-state index contributed by atoms with van der Waals surface area (Å²) in [6, 6.07) is 6.82. The molecule has 26 heavy (non-hydrogen) atoms. The summed E-state index contributed by atoms with van der Waals surface area (Å²) in [5.74, 6) is 1.85. The molecule has 2 heterocycles. The molecule has 0 aliphatic carbocycles. The van der Waals surface area contributed by atoms with Gasteiger partial charge in [0.1, 0.15) is 5.76 Å². The third-order valence-corrected chi connectivity index (χ3v) is 4.06. The number of aryl methyl sites for hydroxylation is 1. The lowest BCUT2D eigenvalue weighted by Gasteiger charge is -2.11. The first-order chi connectivity index (χ1) is 12.4. The summed E-state index contributed by atoms with van der Waals surface area (Å²) < 4.78 is 5.68. The van der Waals surface area contributed by atoms with E-state index < -0.39 is 0 Å². The first-order valence-corrected chi connectivity index (χ1v) is 8.65. The van der Waals surface area contributed by atoms with E-state index in [0.29, 0.717) is 44.2 Å². The van der Waals surface area contributed by atoms with Gasteiger partial charge in [-0.2, -0.15) is 4.98 Å². The first kappa shape index (κ1) is 18.2. The molecule has 10 heteroatoms. The number of benzene rings is 1. The standard InChI is InChI=1S/C16H14BrClN6O2/c1-8-5-14(24-26-8)22-15-11(17)7-19-16(23-15)21-13-6-10(20-9(2)25)3-4-12(13)18/h3-7H,1-2H3,(H,20,25)(H2,19,21,22,23,24). The zero-order chi connectivity index (χ0) is 18.7. The van der Waals surface area contributed by atoms with Gasteiger partial charge in [0.2, 0.25) is 11.9 Å². The molecule has 0 bridgehead atoms. The highest BCUT2D eigenvalue weighted by Crippen LogP contribution is 2.29. The van der Waals surface area contributed by atoms with E-state index >= 15 is 0 Å². The molecular formula is C16H14BrClN6O2. The van der Waals surface area contributed by atoms with E-state index in [1.54, 1.807) is 37.4 Å². The monoisotopic (exact) mass is 436 g/mol. The molecule has 3 N–H and O–H groups in total. The van der Waals surface area contributed by atoms with Crippen molar-refractivity contribution >= 4 is 62.4 Å². The lowest BCUT2D eigenvalue weighted by molar-refractivity contribution is -0.114. The Morgan fingerprint density at radius 2 is 2.08 bits per heavy atom. The van der Waals surface area contributed by atoms with Crippen molar-refractivity contribution in [2.24, 2.45) is 0 Å². The average molecular weight is 438 g/mol. The zero-order valence-corrected chi connectivity index (χ0v) is 16.1. The van der Waals surface area contributed by atoms with Crippen LogP contribution in [-0.4, -0.2) is 21.0 Å². The number of nitrogens with zero attached hydrogens (tertiary/aromatic N) is 3. The number of rotatable bonds is 5. The minimum absolute atomic E-state index is 0.174. The lowest BCUT2D eigenvalue weighted by atomic mass is 10.2. The van der Waals surface area contributed by atoms with Crippen LogP contribution >= 0.6 is 27.5 Å². The van der Waals surface area contributed by atoms with Gasteiger partial charge in [-0.25, -0.2) is 4.98 Å². The van der Waals surface area contributed by atoms with Gasteiger partial charge in [-0.3, -0.25) is 4.79 Å². The maximum atomic E-state index is 11.2. The summed E-state index contributed by atoms with van der Waals surface area (Å²) in [6.45, 7) is 3.23. The van der Waals surface area contributed by atoms with Crippen LogP contribution in [0.1, 0.15) is 12.7 Å². The minimum Gasteiger partial charge on any atom is -0.360 e. The van der Waals surface area contributed by atoms with Crippen LogP contribution < -0.4 is 16.0 Å². The van der Waals surface area contributed by atoms with Crippen molar-refractivity contribution in [3.63, 3.8) is 0 Å². The Kier molecular flexibility index (Phi) is 5.38. The third kappa shape index (κ3) is 4.50. The Hall–Kier alpha value is -2.65. The Balaban J connectivity index is 1.84. The number of carbonyl (C=O) groups is 1. The number of carbonyl (C=O) groups excluding carboxylic acids is 1. The zero-order valence-electron chi connectivity index (χ0n) is 13.8. The molecule has 3 rings (SSSR count).